The van der Waals surface area contributed by atoms with E-state index in [0.717, 1.165) is 5.56 Å². The maximum atomic E-state index is 11.2. The van der Waals surface area contributed by atoms with Crippen molar-refractivity contribution in [1.82, 2.24) is 0 Å². The number of aromatic carboxylic acids is 1. The van der Waals surface area contributed by atoms with E-state index in [-0.39, 0.29) is 11.3 Å². The van der Waals surface area contributed by atoms with E-state index in [1.807, 2.05) is 18.2 Å². The fourth-order valence-electron chi connectivity index (χ4n) is 1.69. The number of carboxylic acids is 1. The van der Waals surface area contributed by atoms with Gasteiger partial charge in [-0.15, -0.1) is 0 Å². The molecule has 0 saturated carbocycles. The predicted molar refractivity (Wildman–Crippen MR) is 68.3 cm³/mol. The fraction of sp³-hybridized carbons (Fsp3) is 0. The average molecular weight is 248 g/mol. The summed E-state index contributed by atoms with van der Waals surface area (Å²) in [6.07, 6.45) is 0. The Morgan fingerprint density at radius 1 is 1.12 bits per heavy atom. The van der Waals surface area contributed by atoms with E-state index in [9.17, 15) is 4.79 Å². The minimum Gasteiger partial charge on any atom is -0.478 e. The number of halogens is 1. The second-order valence-electron chi connectivity index (χ2n) is 3.55. The zero-order valence-electron chi connectivity index (χ0n) is 8.85. The first-order valence-corrected chi connectivity index (χ1v) is 5.35. The van der Waals surface area contributed by atoms with E-state index < -0.39 is 5.97 Å². The van der Waals surface area contributed by atoms with Crippen LogP contribution in [0.3, 0.4) is 0 Å². The molecule has 0 radical (unpaired) electrons. The van der Waals surface area contributed by atoms with Crippen molar-refractivity contribution >= 4 is 23.3 Å². The molecule has 3 nitrogen and oxygen atoms in total. The summed E-state index contributed by atoms with van der Waals surface area (Å²) in [5.74, 6) is -1.02. The molecule has 0 aliphatic rings. The number of anilines is 1. The molecule has 0 aliphatic heterocycles. The van der Waals surface area contributed by atoms with Gasteiger partial charge >= 0.3 is 5.97 Å². The van der Waals surface area contributed by atoms with Gasteiger partial charge in [-0.2, -0.15) is 0 Å². The van der Waals surface area contributed by atoms with Crippen molar-refractivity contribution in [2.75, 3.05) is 5.73 Å². The smallest absolute Gasteiger partial charge is 0.336 e. The van der Waals surface area contributed by atoms with Crippen molar-refractivity contribution < 1.29 is 9.90 Å². The summed E-state index contributed by atoms with van der Waals surface area (Å²) in [4.78, 5) is 11.2. The lowest BCUT2D eigenvalue weighted by atomic mass is 9.98. The number of hydrogen-bond donors (Lipinski definition) is 2. The van der Waals surface area contributed by atoms with Crippen molar-refractivity contribution in [2.24, 2.45) is 0 Å². The highest BCUT2D eigenvalue weighted by atomic mass is 35.5. The Morgan fingerprint density at radius 2 is 1.76 bits per heavy atom. The summed E-state index contributed by atoms with van der Waals surface area (Å²) < 4.78 is 0. The van der Waals surface area contributed by atoms with E-state index in [2.05, 4.69) is 0 Å². The fourth-order valence-corrected chi connectivity index (χ4v) is 1.85. The van der Waals surface area contributed by atoms with Crippen molar-refractivity contribution in [1.29, 1.82) is 0 Å². The van der Waals surface area contributed by atoms with Gasteiger partial charge in [0, 0.05) is 5.56 Å². The maximum Gasteiger partial charge on any atom is 0.336 e. The van der Waals surface area contributed by atoms with Crippen LogP contribution in [0.5, 0.6) is 0 Å². The quantitative estimate of drug-likeness (QED) is 0.801. The van der Waals surface area contributed by atoms with Crippen molar-refractivity contribution in [3.8, 4) is 11.1 Å². The first-order chi connectivity index (χ1) is 8.11. The highest BCUT2D eigenvalue weighted by molar-refractivity contribution is 6.34. The van der Waals surface area contributed by atoms with Crippen molar-refractivity contribution in [3.63, 3.8) is 0 Å². The van der Waals surface area contributed by atoms with Gasteiger partial charge in [0.25, 0.3) is 0 Å². The minimum absolute atomic E-state index is 0.151. The molecule has 17 heavy (non-hydrogen) atoms. The van der Waals surface area contributed by atoms with Crippen molar-refractivity contribution in [3.05, 3.63) is 53.1 Å². The largest absolute Gasteiger partial charge is 0.478 e. The first kappa shape index (κ1) is 11.5. The highest BCUT2D eigenvalue weighted by Gasteiger charge is 2.16. The summed E-state index contributed by atoms with van der Waals surface area (Å²) in [6.45, 7) is 0. The molecule has 3 N–H and O–H groups in total. The Kier molecular flexibility index (Phi) is 3.02. The van der Waals surface area contributed by atoms with Crippen LogP contribution in [0.1, 0.15) is 10.4 Å². The molecule has 0 aromatic heterocycles. The molecule has 0 bridgehead atoms. The van der Waals surface area contributed by atoms with Gasteiger partial charge in [-0.25, -0.2) is 4.79 Å². The molecule has 2 rings (SSSR count). The average Bonchev–Trinajstić information content (AvgIpc) is 2.33. The normalized spacial score (nSPS) is 10.2. The van der Waals surface area contributed by atoms with Crippen LogP contribution < -0.4 is 5.73 Å². The highest BCUT2D eigenvalue weighted by Crippen LogP contribution is 2.34. The maximum absolute atomic E-state index is 11.2. The SMILES string of the molecule is Nc1c(Cl)ccc(C(=O)O)c1-c1ccccc1. The number of nitrogens with two attached hydrogens (primary N) is 1. The van der Waals surface area contributed by atoms with Gasteiger partial charge < -0.3 is 10.8 Å². The van der Waals surface area contributed by atoms with Crippen LogP contribution in [0.4, 0.5) is 5.69 Å². The van der Waals surface area contributed by atoms with Gasteiger partial charge in [0.05, 0.1) is 16.3 Å². The molecule has 0 fully saturated rings. The minimum atomic E-state index is -1.02. The van der Waals surface area contributed by atoms with Gasteiger partial charge in [-0.1, -0.05) is 41.9 Å². The molecule has 0 heterocycles. The third-order valence-electron chi connectivity index (χ3n) is 2.49. The van der Waals surface area contributed by atoms with Gasteiger partial charge in [0.2, 0.25) is 0 Å². The van der Waals surface area contributed by atoms with E-state index in [1.165, 1.54) is 12.1 Å². The molecule has 4 heteroatoms. The lowest BCUT2D eigenvalue weighted by molar-refractivity contribution is 0.0698. The number of hydrogen-bond acceptors (Lipinski definition) is 2. The van der Waals surface area contributed by atoms with Crippen LogP contribution in [0.2, 0.25) is 5.02 Å². The number of benzene rings is 2. The van der Waals surface area contributed by atoms with Gasteiger partial charge in [-0.05, 0) is 17.7 Å². The zero-order chi connectivity index (χ0) is 12.4. The third-order valence-corrected chi connectivity index (χ3v) is 2.81. The molecule has 2 aromatic carbocycles. The summed E-state index contributed by atoms with van der Waals surface area (Å²) >= 11 is 5.92. The van der Waals surface area contributed by atoms with Crippen LogP contribution in [0.15, 0.2) is 42.5 Å². The zero-order valence-corrected chi connectivity index (χ0v) is 9.61. The molecular weight excluding hydrogens is 238 g/mol. The predicted octanol–water partition coefficient (Wildman–Crippen LogP) is 3.29. The number of nitrogen functional groups attached to an aromatic ring is 1. The van der Waals surface area contributed by atoms with Gasteiger partial charge in [-0.3, -0.25) is 0 Å². The van der Waals surface area contributed by atoms with Gasteiger partial charge in [0.1, 0.15) is 0 Å². The van der Waals surface area contributed by atoms with E-state index >= 15 is 0 Å². The number of rotatable bonds is 2. The Balaban J connectivity index is 2.74. The number of carboxylic acid groups (broad SMARTS) is 1. The van der Waals surface area contributed by atoms with E-state index in [1.54, 1.807) is 12.1 Å². The van der Waals surface area contributed by atoms with E-state index in [4.69, 9.17) is 22.4 Å². The number of carbonyl (C=O) groups is 1. The molecule has 2 aromatic rings. The lowest BCUT2D eigenvalue weighted by Crippen LogP contribution is -2.03. The Hall–Kier alpha value is -2.00. The third kappa shape index (κ3) is 2.10. The monoisotopic (exact) mass is 247 g/mol. The molecular formula is C13H10ClNO2. The standard InChI is InChI=1S/C13H10ClNO2/c14-10-7-6-9(13(16)17)11(12(10)15)8-4-2-1-3-5-8/h1-7H,15H2,(H,16,17). The molecule has 0 amide bonds. The summed E-state index contributed by atoms with van der Waals surface area (Å²) in [5, 5.41) is 9.50. The van der Waals surface area contributed by atoms with E-state index in [0.29, 0.717) is 10.6 Å². The first-order valence-electron chi connectivity index (χ1n) is 4.98. The van der Waals surface area contributed by atoms with Crippen LogP contribution in [0.25, 0.3) is 11.1 Å². The Bertz CT molecular complexity index is 567. The summed E-state index contributed by atoms with van der Waals surface area (Å²) in [7, 11) is 0. The topological polar surface area (TPSA) is 63.3 Å². The molecule has 0 saturated heterocycles. The Morgan fingerprint density at radius 3 is 2.35 bits per heavy atom. The second kappa shape index (κ2) is 4.47. The molecule has 0 unspecified atom stereocenters. The van der Waals surface area contributed by atoms with Gasteiger partial charge in [0.15, 0.2) is 0 Å². The van der Waals surface area contributed by atoms with Crippen LogP contribution in [-0.2, 0) is 0 Å². The molecule has 86 valence electrons. The van der Waals surface area contributed by atoms with Crippen LogP contribution in [0, 0.1) is 0 Å². The molecule has 0 spiro atoms. The second-order valence-corrected chi connectivity index (χ2v) is 3.96. The van der Waals surface area contributed by atoms with Crippen molar-refractivity contribution in [2.45, 2.75) is 0 Å². The summed E-state index contributed by atoms with van der Waals surface area (Å²) in [5.41, 5.74) is 7.50. The van der Waals surface area contributed by atoms with Crippen LogP contribution >= 0.6 is 11.6 Å². The van der Waals surface area contributed by atoms with Crippen LogP contribution in [-0.4, -0.2) is 11.1 Å². The molecule has 0 aliphatic carbocycles. The lowest BCUT2D eigenvalue weighted by Gasteiger charge is -2.11. The summed E-state index contributed by atoms with van der Waals surface area (Å²) in [6, 6.07) is 12.0. The molecule has 0 atom stereocenters. The Labute approximate surface area is 103 Å².